The summed E-state index contributed by atoms with van der Waals surface area (Å²) in [4.78, 5) is 34.9. The molecule has 0 saturated heterocycles. The lowest BCUT2D eigenvalue weighted by Gasteiger charge is -2.28. The standard InChI is InChI=1S/C24H27ClFN5O3/c1-31(22(32)8-7-16-4-2-6-20(26)23(16)25)19(5-3-10-27)15-34-24(33)30-21-12-17-9-11-28-13-18(17)14-29-21/h2,4,6,9,11-14,19H,3,5,7-8,10,15,27H2,1H3,(H,29,30,33)/t19-/m0/s1. The quantitative estimate of drug-likeness (QED) is 0.444. The van der Waals surface area contributed by atoms with E-state index >= 15 is 0 Å². The first-order valence-corrected chi connectivity index (χ1v) is 11.3. The van der Waals surface area contributed by atoms with Gasteiger partial charge in [0.1, 0.15) is 18.2 Å². The van der Waals surface area contributed by atoms with Crippen molar-refractivity contribution in [2.45, 2.75) is 31.7 Å². The fraction of sp³-hybridized carbons (Fsp3) is 0.333. The van der Waals surface area contributed by atoms with Crippen LogP contribution < -0.4 is 11.1 Å². The van der Waals surface area contributed by atoms with Gasteiger partial charge >= 0.3 is 6.09 Å². The number of rotatable bonds is 10. The second-order valence-corrected chi connectivity index (χ2v) is 8.20. The monoisotopic (exact) mass is 487 g/mol. The third-order valence-electron chi connectivity index (χ3n) is 5.48. The van der Waals surface area contributed by atoms with Gasteiger partial charge in [0.15, 0.2) is 0 Å². The maximum absolute atomic E-state index is 13.6. The number of benzene rings is 1. The molecule has 0 spiro atoms. The van der Waals surface area contributed by atoms with Gasteiger partial charge in [-0.3, -0.25) is 15.1 Å². The Morgan fingerprint density at radius 2 is 2.09 bits per heavy atom. The van der Waals surface area contributed by atoms with E-state index in [1.54, 1.807) is 43.8 Å². The second-order valence-electron chi connectivity index (χ2n) is 7.82. The Hall–Kier alpha value is -3.30. The van der Waals surface area contributed by atoms with Gasteiger partial charge in [0.05, 0.1) is 11.1 Å². The van der Waals surface area contributed by atoms with Crippen LogP contribution in [-0.2, 0) is 16.0 Å². The number of ether oxygens (including phenoxy) is 1. The Labute approximate surface area is 202 Å². The van der Waals surface area contributed by atoms with Crippen molar-refractivity contribution in [1.82, 2.24) is 14.9 Å². The molecule has 3 rings (SSSR count). The normalized spacial score (nSPS) is 11.8. The molecule has 0 fully saturated rings. The summed E-state index contributed by atoms with van der Waals surface area (Å²) in [5, 5.41) is 4.35. The molecule has 2 amide bonds. The molecule has 8 nitrogen and oxygen atoms in total. The Bertz CT molecular complexity index is 1150. The zero-order valence-corrected chi connectivity index (χ0v) is 19.6. The summed E-state index contributed by atoms with van der Waals surface area (Å²) >= 11 is 5.98. The summed E-state index contributed by atoms with van der Waals surface area (Å²) < 4.78 is 19.0. The number of halogens is 2. The largest absolute Gasteiger partial charge is 0.447 e. The lowest BCUT2D eigenvalue weighted by Crippen LogP contribution is -2.41. The zero-order valence-electron chi connectivity index (χ0n) is 18.8. The van der Waals surface area contributed by atoms with Crippen molar-refractivity contribution < 1.29 is 18.7 Å². The Morgan fingerprint density at radius 3 is 2.88 bits per heavy atom. The molecule has 0 aliphatic carbocycles. The number of anilines is 1. The van der Waals surface area contributed by atoms with Crippen LogP contribution in [0.15, 0.2) is 48.9 Å². The highest BCUT2D eigenvalue weighted by Crippen LogP contribution is 2.21. The first kappa shape index (κ1) is 25.3. The molecule has 0 unspecified atom stereocenters. The molecular weight excluding hydrogens is 461 g/mol. The number of nitrogens with one attached hydrogen (secondary N) is 1. The van der Waals surface area contributed by atoms with Crippen molar-refractivity contribution >= 4 is 40.2 Å². The molecule has 10 heteroatoms. The summed E-state index contributed by atoms with van der Waals surface area (Å²) in [7, 11) is 1.65. The number of aryl methyl sites for hydroxylation is 1. The molecule has 1 atom stereocenters. The number of likely N-dealkylation sites (N-methyl/N-ethyl adjacent to an activating group) is 1. The average Bonchev–Trinajstić information content (AvgIpc) is 2.84. The summed E-state index contributed by atoms with van der Waals surface area (Å²) in [6.07, 6.45) is 5.93. The van der Waals surface area contributed by atoms with Gasteiger partial charge in [-0.15, -0.1) is 0 Å². The van der Waals surface area contributed by atoms with Gasteiger partial charge in [-0.2, -0.15) is 0 Å². The molecule has 0 saturated carbocycles. The van der Waals surface area contributed by atoms with Crippen LogP contribution in [0.25, 0.3) is 10.8 Å². The first-order valence-electron chi connectivity index (χ1n) is 10.9. The lowest BCUT2D eigenvalue weighted by atomic mass is 10.1. The van der Waals surface area contributed by atoms with Gasteiger partial charge in [-0.25, -0.2) is 14.2 Å². The minimum Gasteiger partial charge on any atom is -0.447 e. The summed E-state index contributed by atoms with van der Waals surface area (Å²) in [6.45, 7) is 0.436. The number of hydrogen-bond acceptors (Lipinski definition) is 6. The Balaban J connectivity index is 1.56. The van der Waals surface area contributed by atoms with Crippen LogP contribution >= 0.6 is 11.6 Å². The highest BCUT2D eigenvalue weighted by Gasteiger charge is 2.22. The molecule has 0 bridgehead atoms. The number of carbonyl (C=O) groups is 2. The van der Waals surface area contributed by atoms with Gasteiger partial charge in [0.2, 0.25) is 5.91 Å². The molecule has 0 aliphatic rings. The third-order valence-corrected chi connectivity index (χ3v) is 5.90. The van der Waals surface area contributed by atoms with Crippen molar-refractivity contribution in [3.8, 4) is 0 Å². The van der Waals surface area contributed by atoms with Gasteiger partial charge in [0.25, 0.3) is 0 Å². The van der Waals surface area contributed by atoms with E-state index in [9.17, 15) is 14.0 Å². The second kappa shape index (κ2) is 12.2. The van der Waals surface area contributed by atoms with Crippen LogP contribution in [0, 0.1) is 5.82 Å². The maximum Gasteiger partial charge on any atom is 0.412 e. The van der Waals surface area contributed by atoms with Crippen LogP contribution in [0.2, 0.25) is 5.02 Å². The first-order chi connectivity index (χ1) is 16.4. The highest BCUT2D eigenvalue weighted by atomic mass is 35.5. The van der Waals surface area contributed by atoms with Gasteiger partial charge in [0, 0.05) is 37.4 Å². The minimum absolute atomic E-state index is 0.00764. The number of amides is 2. The fourth-order valence-corrected chi connectivity index (χ4v) is 3.69. The van der Waals surface area contributed by atoms with Crippen molar-refractivity contribution in [3.63, 3.8) is 0 Å². The predicted molar refractivity (Wildman–Crippen MR) is 129 cm³/mol. The smallest absolute Gasteiger partial charge is 0.412 e. The molecule has 180 valence electrons. The van der Waals surface area contributed by atoms with E-state index in [1.807, 2.05) is 6.07 Å². The molecular formula is C24H27ClFN5O3. The summed E-state index contributed by atoms with van der Waals surface area (Å²) in [5.74, 6) is -0.340. The van der Waals surface area contributed by atoms with E-state index in [2.05, 4.69) is 15.3 Å². The van der Waals surface area contributed by atoms with Gasteiger partial charge in [-0.05, 0) is 55.0 Å². The van der Waals surface area contributed by atoms with E-state index in [-0.39, 0.29) is 30.0 Å². The number of aromatic nitrogens is 2. The van der Waals surface area contributed by atoms with Gasteiger partial charge in [-0.1, -0.05) is 23.7 Å². The highest BCUT2D eigenvalue weighted by molar-refractivity contribution is 6.31. The summed E-state index contributed by atoms with van der Waals surface area (Å²) in [5.41, 5.74) is 6.20. The number of carbonyl (C=O) groups excluding carboxylic acids is 2. The van der Waals surface area contributed by atoms with Crippen molar-refractivity contribution in [3.05, 3.63) is 65.3 Å². The van der Waals surface area contributed by atoms with E-state index in [1.165, 1.54) is 11.0 Å². The van der Waals surface area contributed by atoms with Crippen molar-refractivity contribution in [2.24, 2.45) is 5.73 Å². The Kier molecular flexibility index (Phi) is 9.12. The van der Waals surface area contributed by atoms with Crippen molar-refractivity contribution in [1.29, 1.82) is 0 Å². The molecule has 3 aromatic rings. The van der Waals surface area contributed by atoms with Crippen LogP contribution in [-0.4, -0.2) is 53.1 Å². The van der Waals surface area contributed by atoms with Gasteiger partial charge < -0.3 is 15.4 Å². The SMILES string of the molecule is CN(C(=O)CCc1cccc(F)c1Cl)[C@@H](CCCN)COC(=O)Nc1cc2ccncc2cn1. The molecule has 0 radical (unpaired) electrons. The molecule has 1 aromatic carbocycles. The maximum atomic E-state index is 13.6. The average molecular weight is 488 g/mol. The lowest BCUT2D eigenvalue weighted by molar-refractivity contribution is -0.132. The number of nitrogens with two attached hydrogens (primary N) is 1. The Morgan fingerprint density at radius 1 is 1.26 bits per heavy atom. The third kappa shape index (κ3) is 6.85. The molecule has 2 aromatic heterocycles. The van der Waals surface area contributed by atoms with Crippen molar-refractivity contribution in [2.75, 3.05) is 25.5 Å². The van der Waals surface area contributed by atoms with Crippen LogP contribution in [0.3, 0.4) is 0 Å². The molecule has 0 aliphatic heterocycles. The predicted octanol–water partition coefficient (Wildman–Crippen LogP) is 4.17. The molecule has 2 heterocycles. The van der Waals surface area contributed by atoms with Crippen LogP contribution in [0.5, 0.6) is 0 Å². The topological polar surface area (TPSA) is 110 Å². The number of nitrogens with zero attached hydrogens (tertiary/aromatic N) is 3. The van der Waals surface area contributed by atoms with Crippen LogP contribution in [0.4, 0.5) is 15.0 Å². The van der Waals surface area contributed by atoms with E-state index in [0.29, 0.717) is 37.2 Å². The number of hydrogen-bond donors (Lipinski definition) is 2. The number of pyridine rings is 2. The molecule has 3 N–H and O–H groups in total. The minimum atomic E-state index is -0.675. The number of fused-ring (bicyclic) bond motifs is 1. The summed E-state index contributed by atoms with van der Waals surface area (Å²) in [6, 6.07) is 7.69. The van der Waals surface area contributed by atoms with E-state index < -0.39 is 11.9 Å². The fourth-order valence-electron chi connectivity index (χ4n) is 3.47. The van der Waals surface area contributed by atoms with E-state index in [4.69, 9.17) is 22.1 Å². The van der Waals surface area contributed by atoms with E-state index in [0.717, 1.165) is 10.8 Å². The molecule has 34 heavy (non-hydrogen) atoms. The zero-order chi connectivity index (χ0) is 24.5. The van der Waals surface area contributed by atoms with Crippen LogP contribution in [0.1, 0.15) is 24.8 Å².